The summed E-state index contributed by atoms with van der Waals surface area (Å²) in [7, 11) is 0. The first kappa shape index (κ1) is 14.3. The molecule has 106 valence electrons. The maximum atomic E-state index is 5.60. The lowest BCUT2D eigenvalue weighted by Crippen LogP contribution is -2.46. The van der Waals surface area contributed by atoms with Gasteiger partial charge in [0.2, 0.25) is 0 Å². The third-order valence-electron chi connectivity index (χ3n) is 4.29. The highest BCUT2D eigenvalue weighted by molar-refractivity contribution is 4.80. The summed E-state index contributed by atoms with van der Waals surface area (Å²) < 4.78 is 5.60. The van der Waals surface area contributed by atoms with Crippen LogP contribution in [0.1, 0.15) is 39.5 Å². The molecule has 2 saturated heterocycles. The summed E-state index contributed by atoms with van der Waals surface area (Å²) in [6.45, 7) is 11.4. The maximum Gasteiger partial charge on any atom is 0.0621 e. The Labute approximate surface area is 112 Å². The molecule has 0 bridgehead atoms. The highest BCUT2D eigenvalue weighted by Crippen LogP contribution is 2.22. The number of ether oxygens (including phenoxy) is 1. The molecule has 1 N–H and O–H groups in total. The van der Waals surface area contributed by atoms with Gasteiger partial charge >= 0.3 is 0 Å². The Bertz CT molecular complexity index is 219. The van der Waals surface area contributed by atoms with Crippen LogP contribution in [-0.4, -0.2) is 50.3 Å². The van der Waals surface area contributed by atoms with Crippen molar-refractivity contribution in [3.05, 3.63) is 0 Å². The second-order valence-electron chi connectivity index (χ2n) is 6.40. The van der Waals surface area contributed by atoms with E-state index in [1.165, 1.54) is 45.3 Å². The second kappa shape index (κ2) is 7.46. The molecular weight excluding hydrogens is 224 g/mol. The van der Waals surface area contributed by atoms with Crippen molar-refractivity contribution in [1.82, 2.24) is 10.2 Å². The number of hydrogen-bond donors (Lipinski definition) is 1. The van der Waals surface area contributed by atoms with Crippen LogP contribution in [0.4, 0.5) is 0 Å². The molecule has 0 radical (unpaired) electrons. The van der Waals surface area contributed by atoms with Gasteiger partial charge in [-0.3, -0.25) is 4.90 Å². The third-order valence-corrected chi connectivity index (χ3v) is 4.29. The molecule has 0 saturated carbocycles. The van der Waals surface area contributed by atoms with Gasteiger partial charge in [-0.15, -0.1) is 0 Å². The topological polar surface area (TPSA) is 24.5 Å². The average molecular weight is 254 g/mol. The standard InChI is InChI=1S/C15H30N2O/c1-13(2)10-16-11-14-5-7-17(8-6-14)15-4-3-9-18-12-15/h13-16H,3-12H2,1-2H3. The van der Waals surface area contributed by atoms with E-state index in [-0.39, 0.29) is 0 Å². The van der Waals surface area contributed by atoms with Crippen LogP contribution in [0.5, 0.6) is 0 Å². The number of nitrogens with one attached hydrogen (secondary N) is 1. The zero-order chi connectivity index (χ0) is 12.8. The normalized spacial score (nSPS) is 27.8. The molecule has 0 aromatic carbocycles. The van der Waals surface area contributed by atoms with Gasteiger partial charge in [0.15, 0.2) is 0 Å². The molecule has 3 heteroatoms. The third kappa shape index (κ3) is 4.52. The zero-order valence-electron chi connectivity index (χ0n) is 12.2. The van der Waals surface area contributed by atoms with Crippen LogP contribution < -0.4 is 5.32 Å². The van der Waals surface area contributed by atoms with Gasteiger partial charge in [-0.25, -0.2) is 0 Å². The van der Waals surface area contributed by atoms with E-state index in [4.69, 9.17) is 4.74 Å². The number of likely N-dealkylation sites (tertiary alicyclic amines) is 1. The predicted molar refractivity (Wildman–Crippen MR) is 75.8 cm³/mol. The quantitative estimate of drug-likeness (QED) is 0.813. The molecule has 2 fully saturated rings. The molecule has 18 heavy (non-hydrogen) atoms. The van der Waals surface area contributed by atoms with E-state index in [0.717, 1.165) is 31.6 Å². The summed E-state index contributed by atoms with van der Waals surface area (Å²) in [6.07, 6.45) is 5.32. The smallest absolute Gasteiger partial charge is 0.0621 e. The summed E-state index contributed by atoms with van der Waals surface area (Å²) in [4.78, 5) is 2.66. The van der Waals surface area contributed by atoms with Crippen molar-refractivity contribution < 1.29 is 4.74 Å². The monoisotopic (exact) mass is 254 g/mol. The minimum atomic E-state index is 0.711. The minimum Gasteiger partial charge on any atom is -0.380 e. The van der Waals surface area contributed by atoms with Gasteiger partial charge < -0.3 is 10.1 Å². The molecular formula is C15H30N2O. The van der Waals surface area contributed by atoms with Crippen LogP contribution >= 0.6 is 0 Å². The van der Waals surface area contributed by atoms with Gasteiger partial charge in [0.1, 0.15) is 0 Å². The summed E-state index contributed by atoms with van der Waals surface area (Å²) >= 11 is 0. The van der Waals surface area contributed by atoms with Crippen molar-refractivity contribution in [2.45, 2.75) is 45.6 Å². The zero-order valence-corrected chi connectivity index (χ0v) is 12.2. The average Bonchev–Trinajstić information content (AvgIpc) is 2.40. The van der Waals surface area contributed by atoms with E-state index in [9.17, 15) is 0 Å². The molecule has 2 aliphatic heterocycles. The number of piperidine rings is 1. The van der Waals surface area contributed by atoms with Crippen molar-refractivity contribution in [2.24, 2.45) is 11.8 Å². The highest BCUT2D eigenvalue weighted by Gasteiger charge is 2.26. The molecule has 0 aromatic heterocycles. The van der Waals surface area contributed by atoms with Crippen LogP contribution in [0.2, 0.25) is 0 Å². The van der Waals surface area contributed by atoms with Crippen LogP contribution in [0.25, 0.3) is 0 Å². The summed E-state index contributed by atoms with van der Waals surface area (Å²) in [5.74, 6) is 1.66. The van der Waals surface area contributed by atoms with Crippen LogP contribution in [-0.2, 0) is 4.74 Å². The lowest BCUT2D eigenvalue weighted by atomic mass is 9.94. The maximum absolute atomic E-state index is 5.60. The van der Waals surface area contributed by atoms with Crippen LogP contribution in [0.3, 0.4) is 0 Å². The predicted octanol–water partition coefficient (Wildman–Crippen LogP) is 2.12. The lowest BCUT2D eigenvalue weighted by Gasteiger charge is -2.39. The van der Waals surface area contributed by atoms with Gasteiger partial charge in [0, 0.05) is 12.6 Å². The van der Waals surface area contributed by atoms with E-state index in [2.05, 4.69) is 24.1 Å². The Morgan fingerprint density at radius 2 is 2.00 bits per heavy atom. The van der Waals surface area contributed by atoms with Crippen LogP contribution in [0.15, 0.2) is 0 Å². The molecule has 2 heterocycles. The second-order valence-corrected chi connectivity index (χ2v) is 6.40. The Morgan fingerprint density at radius 3 is 2.61 bits per heavy atom. The van der Waals surface area contributed by atoms with Gasteiger partial charge in [0.25, 0.3) is 0 Å². The minimum absolute atomic E-state index is 0.711. The lowest BCUT2D eigenvalue weighted by molar-refractivity contribution is 0.00497. The summed E-state index contributed by atoms with van der Waals surface area (Å²) in [5, 5.41) is 3.61. The largest absolute Gasteiger partial charge is 0.380 e. The fourth-order valence-corrected chi connectivity index (χ4v) is 3.11. The van der Waals surface area contributed by atoms with Crippen molar-refractivity contribution in [2.75, 3.05) is 39.4 Å². The Hall–Kier alpha value is -0.120. The molecule has 0 aromatic rings. The summed E-state index contributed by atoms with van der Waals surface area (Å²) in [5.41, 5.74) is 0. The highest BCUT2D eigenvalue weighted by atomic mass is 16.5. The number of hydrogen-bond acceptors (Lipinski definition) is 3. The Balaban J connectivity index is 1.61. The van der Waals surface area contributed by atoms with E-state index in [1.54, 1.807) is 0 Å². The fourth-order valence-electron chi connectivity index (χ4n) is 3.11. The molecule has 3 nitrogen and oxygen atoms in total. The number of nitrogens with zero attached hydrogens (tertiary/aromatic N) is 1. The molecule has 0 spiro atoms. The Kier molecular flexibility index (Phi) is 5.93. The summed E-state index contributed by atoms with van der Waals surface area (Å²) in [6, 6.07) is 0.711. The van der Waals surface area contributed by atoms with E-state index in [0.29, 0.717) is 6.04 Å². The van der Waals surface area contributed by atoms with Crippen molar-refractivity contribution in [1.29, 1.82) is 0 Å². The van der Waals surface area contributed by atoms with Crippen LogP contribution in [0, 0.1) is 11.8 Å². The fraction of sp³-hybridized carbons (Fsp3) is 1.00. The Morgan fingerprint density at radius 1 is 1.22 bits per heavy atom. The molecule has 0 amide bonds. The van der Waals surface area contributed by atoms with Crippen molar-refractivity contribution >= 4 is 0 Å². The van der Waals surface area contributed by atoms with E-state index < -0.39 is 0 Å². The van der Waals surface area contributed by atoms with Gasteiger partial charge in [-0.1, -0.05) is 13.8 Å². The van der Waals surface area contributed by atoms with E-state index >= 15 is 0 Å². The first-order valence-corrected chi connectivity index (χ1v) is 7.78. The molecule has 0 aliphatic carbocycles. The van der Waals surface area contributed by atoms with Gasteiger partial charge in [-0.05, 0) is 63.7 Å². The first-order chi connectivity index (χ1) is 8.75. The first-order valence-electron chi connectivity index (χ1n) is 7.78. The van der Waals surface area contributed by atoms with Gasteiger partial charge in [-0.2, -0.15) is 0 Å². The van der Waals surface area contributed by atoms with E-state index in [1.807, 2.05) is 0 Å². The van der Waals surface area contributed by atoms with Gasteiger partial charge in [0.05, 0.1) is 6.61 Å². The molecule has 1 unspecified atom stereocenters. The van der Waals surface area contributed by atoms with Crippen molar-refractivity contribution in [3.63, 3.8) is 0 Å². The molecule has 1 atom stereocenters. The molecule has 2 rings (SSSR count). The number of rotatable bonds is 5. The SMILES string of the molecule is CC(C)CNCC1CCN(C2CCCOC2)CC1. The molecule has 2 aliphatic rings. The van der Waals surface area contributed by atoms with Crippen molar-refractivity contribution in [3.8, 4) is 0 Å².